The number of hydrogen-bond donors (Lipinski definition) is 3. The number of aliphatic hydroxyl groups excluding tert-OH is 1. The van der Waals surface area contributed by atoms with E-state index in [9.17, 15) is 5.11 Å². The van der Waals surface area contributed by atoms with Crippen molar-refractivity contribution >= 4 is 44.5 Å². The van der Waals surface area contributed by atoms with Crippen LogP contribution in [0.2, 0.25) is 5.15 Å². The van der Waals surface area contributed by atoms with Crippen LogP contribution in [0.25, 0.3) is 10.1 Å². The van der Waals surface area contributed by atoms with Crippen LogP contribution in [0.4, 0.5) is 11.5 Å². The molecule has 3 N–H and O–H groups in total. The summed E-state index contributed by atoms with van der Waals surface area (Å²) in [6.07, 6.45) is 0.771. The SMILES string of the molecule is CNc1c(Cl)ncnc1NCC(O)c1cc2ccccc2s1. The number of thiophene rings is 1. The first-order valence-electron chi connectivity index (χ1n) is 6.77. The molecule has 0 spiro atoms. The molecular weight excluding hydrogens is 320 g/mol. The summed E-state index contributed by atoms with van der Waals surface area (Å²) in [5, 5.41) is 17.9. The topological polar surface area (TPSA) is 70.1 Å². The highest BCUT2D eigenvalue weighted by atomic mass is 35.5. The van der Waals surface area contributed by atoms with E-state index in [1.165, 1.54) is 6.33 Å². The zero-order chi connectivity index (χ0) is 15.5. The van der Waals surface area contributed by atoms with E-state index in [-0.39, 0.29) is 0 Å². The Bertz CT molecular complexity index is 759. The van der Waals surface area contributed by atoms with Crippen LogP contribution in [0.15, 0.2) is 36.7 Å². The normalized spacial score (nSPS) is 12.3. The molecule has 3 aromatic rings. The van der Waals surface area contributed by atoms with Crippen molar-refractivity contribution in [2.24, 2.45) is 0 Å². The van der Waals surface area contributed by atoms with E-state index in [1.54, 1.807) is 18.4 Å². The lowest BCUT2D eigenvalue weighted by molar-refractivity contribution is 0.195. The number of fused-ring (bicyclic) bond motifs is 1. The number of nitrogens with one attached hydrogen (secondary N) is 2. The summed E-state index contributed by atoms with van der Waals surface area (Å²) in [5.41, 5.74) is 0.618. The van der Waals surface area contributed by atoms with Crippen molar-refractivity contribution in [1.82, 2.24) is 9.97 Å². The molecule has 0 aliphatic carbocycles. The molecule has 0 amide bonds. The molecule has 0 aliphatic rings. The summed E-state index contributed by atoms with van der Waals surface area (Å²) in [7, 11) is 1.75. The maximum atomic E-state index is 10.4. The van der Waals surface area contributed by atoms with E-state index in [1.807, 2.05) is 30.3 Å². The van der Waals surface area contributed by atoms with Gasteiger partial charge in [-0.15, -0.1) is 11.3 Å². The van der Waals surface area contributed by atoms with Gasteiger partial charge in [0.15, 0.2) is 11.0 Å². The van der Waals surface area contributed by atoms with Crippen LogP contribution in [0, 0.1) is 0 Å². The number of halogens is 1. The zero-order valence-corrected chi connectivity index (χ0v) is 13.4. The highest BCUT2D eigenvalue weighted by Crippen LogP contribution is 2.31. The van der Waals surface area contributed by atoms with Crippen LogP contribution in [-0.2, 0) is 0 Å². The fourth-order valence-corrected chi connectivity index (χ4v) is 3.46. The van der Waals surface area contributed by atoms with E-state index >= 15 is 0 Å². The Hall–Kier alpha value is -1.89. The first-order valence-corrected chi connectivity index (χ1v) is 7.97. The van der Waals surface area contributed by atoms with Gasteiger partial charge in [0.1, 0.15) is 18.1 Å². The summed E-state index contributed by atoms with van der Waals surface area (Å²) in [6.45, 7) is 0.342. The van der Waals surface area contributed by atoms with Crippen molar-refractivity contribution in [2.45, 2.75) is 6.10 Å². The van der Waals surface area contributed by atoms with Gasteiger partial charge in [0.2, 0.25) is 0 Å². The van der Waals surface area contributed by atoms with Crippen LogP contribution < -0.4 is 10.6 Å². The first kappa shape index (κ1) is 15.0. The smallest absolute Gasteiger partial charge is 0.157 e. The van der Waals surface area contributed by atoms with Gasteiger partial charge in [0, 0.05) is 23.2 Å². The number of rotatable bonds is 5. The molecular formula is C15H15ClN4OS. The van der Waals surface area contributed by atoms with E-state index in [0.717, 1.165) is 15.0 Å². The molecule has 114 valence electrons. The third-order valence-corrected chi connectivity index (χ3v) is 4.79. The summed E-state index contributed by atoms with van der Waals surface area (Å²) in [6, 6.07) is 10.1. The monoisotopic (exact) mass is 334 g/mol. The second-order valence-corrected chi connectivity index (χ2v) is 6.19. The molecule has 1 unspecified atom stereocenters. The molecule has 0 saturated heterocycles. The minimum Gasteiger partial charge on any atom is -0.386 e. The van der Waals surface area contributed by atoms with Crippen LogP contribution in [0.5, 0.6) is 0 Å². The summed E-state index contributed by atoms with van der Waals surface area (Å²) in [5.74, 6) is 0.572. The van der Waals surface area contributed by atoms with Crippen molar-refractivity contribution in [3.8, 4) is 0 Å². The predicted octanol–water partition coefficient (Wildman–Crippen LogP) is 3.53. The number of nitrogens with zero attached hydrogens (tertiary/aromatic N) is 2. The number of anilines is 2. The Labute approximate surface area is 137 Å². The van der Waals surface area contributed by atoms with Crippen LogP contribution in [0.1, 0.15) is 11.0 Å². The third kappa shape index (κ3) is 2.99. The quantitative estimate of drug-likeness (QED) is 0.623. The van der Waals surface area contributed by atoms with Crippen molar-refractivity contribution in [3.63, 3.8) is 0 Å². The Morgan fingerprint density at radius 1 is 1.32 bits per heavy atom. The second kappa shape index (κ2) is 6.48. The molecule has 7 heteroatoms. The van der Waals surface area contributed by atoms with E-state index in [4.69, 9.17) is 11.6 Å². The van der Waals surface area contributed by atoms with Crippen LogP contribution >= 0.6 is 22.9 Å². The zero-order valence-electron chi connectivity index (χ0n) is 11.9. The lowest BCUT2D eigenvalue weighted by Gasteiger charge is -2.13. The van der Waals surface area contributed by atoms with Gasteiger partial charge in [-0.05, 0) is 17.5 Å². The maximum Gasteiger partial charge on any atom is 0.157 e. The Morgan fingerprint density at radius 2 is 2.14 bits per heavy atom. The fourth-order valence-electron chi connectivity index (χ4n) is 2.18. The van der Waals surface area contributed by atoms with Crippen molar-refractivity contribution < 1.29 is 5.11 Å². The van der Waals surface area contributed by atoms with Gasteiger partial charge in [-0.2, -0.15) is 0 Å². The molecule has 1 aromatic carbocycles. The molecule has 0 fully saturated rings. The molecule has 1 atom stereocenters. The standard InChI is InChI=1S/C15H15ClN4OS/c1-17-13-14(16)19-8-20-15(13)18-7-10(21)12-6-9-4-2-3-5-11(9)22-12/h2-6,8,10,17,21H,7H2,1H3,(H,18,19,20). The average molecular weight is 335 g/mol. The van der Waals surface area contributed by atoms with E-state index in [2.05, 4.69) is 20.6 Å². The van der Waals surface area contributed by atoms with Gasteiger partial charge >= 0.3 is 0 Å². The molecule has 0 bridgehead atoms. The van der Waals surface area contributed by atoms with Gasteiger partial charge in [-0.3, -0.25) is 0 Å². The lowest BCUT2D eigenvalue weighted by Crippen LogP contribution is -2.13. The summed E-state index contributed by atoms with van der Waals surface area (Å²) < 4.78 is 1.16. The maximum absolute atomic E-state index is 10.4. The fraction of sp³-hybridized carbons (Fsp3) is 0.200. The molecule has 3 rings (SSSR count). The minimum atomic E-state index is -0.615. The highest BCUT2D eigenvalue weighted by molar-refractivity contribution is 7.19. The molecule has 2 heterocycles. The molecule has 0 aliphatic heterocycles. The number of aliphatic hydroxyl groups is 1. The van der Waals surface area contributed by atoms with Crippen molar-refractivity contribution in [3.05, 3.63) is 46.7 Å². The lowest BCUT2D eigenvalue weighted by atomic mass is 10.2. The molecule has 5 nitrogen and oxygen atoms in total. The predicted molar refractivity (Wildman–Crippen MR) is 91.9 cm³/mol. The van der Waals surface area contributed by atoms with Gasteiger partial charge in [0.05, 0.1) is 0 Å². The van der Waals surface area contributed by atoms with Gasteiger partial charge in [-0.1, -0.05) is 29.8 Å². The second-order valence-electron chi connectivity index (χ2n) is 4.72. The van der Waals surface area contributed by atoms with Gasteiger partial charge in [-0.25, -0.2) is 9.97 Å². The van der Waals surface area contributed by atoms with Gasteiger partial charge in [0.25, 0.3) is 0 Å². The van der Waals surface area contributed by atoms with Crippen LogP contribution in [-0.4, -0.2) is 28.7 Å². The molecule has 22 heavy (non-hydrogen) atoms. The summed E-state index contributed by atoms with van der Waals surface area (Å²) in [4.78, 5) is 8.97. The van der Waals surface area contributed by atoms with Crippen LogP contribution in [0.3, 0.4) is 0 Å². The van der Waals surface area contributed by atoms with Crippen molar-refractivity contribution in [1.29, 1.82) is 0 Å². The Balaban J connectivity index is 1.75. The average Bonchev–Trinajstić information content (AvgIpc) is 2.96. The number of aromatic nitrogens is 2. The Kier molecular flexibility index (Phi) is 4.42. The third-order valence-electron chi connectivity index (χ3n) is 3.29. The largest absolute Gasteiger partial charge is 0.386 e. The van der Waals surface area contributed by atoms with E-state index in [0.29, 0.717) is 23.2 Å². The molecule has 2 aromatic heterocycles. The molecule has 0 saturated carbocycles. The number of hydrogen-bond acceptors (Lipinski definition) is 6. The van der Waals surface area contributed by atoms with E-state index < -0.39 is 6.10 Å². The Morgan fingerprint density at radius 3 is 2.91 bits per heavy atom. The summed E-state index contributed by atoms with van der Waals surface area (Å²) >= 11 is 7.59. The number of benzene rings is 1. The van der Waals surface area contributed by atoms with Crippen molar-refractivity contribution in [2.75, 3.05) is 24.2 Å². The highest BCUT2D eigenvalue weighted by Gasteiger charge is 2.13. The van der Waals surface area contributed by atoms with Gasteiger partial charge < -0.3 is 15.7 Å². The molecule has 0 radical (unpaired) electrons. The minimum absolute atomic E-state index is 0.342. The first-order chi connectivity index (χ1) is 10.7.